The molecule has 0 atom stereocenters. The molecule has 0 amide bonds. The molecule has 1 heterocycles. The van der Waals surface area contributed by atoms with Gasteiger partial charge in [-0.25, -0.2) is 18.1 Å². The zero-order valence-corrected chi connectivity index (χ0v) is 12.0. The molecule has 0 saturated heterocycles. The zero-order valence-electron chi connectivity index (χ0n) is 11.2. The van der Waals surface area contributed by atoms with Crippen LogP contribution in [0.4, 0.5) is 5.82 Å². The number of nitrogens with zero attached hydrogens (tertiary/aromatic N) is 1. The molecule has 0 aliphatic rings. The van der Waals surface area contributed by atoms with Crippen LogP contribution in [0.1, 0.15) is 12.5 Å². The number of nitrogens with one attached hydrogen (secondary N) is 2. The van der Waals surface area contributed by atoms with Gasteiger partial charge in [-0.15, -0.1) is 0 Å². The van der Waals surface area contributed by atoms with Crippen LogP contribution in [0.25, 0.3) is 0 Å². The molecule has 20 heavy (non-hydrogen) atoms. The summed E-state index contributed by atoms with van der Waals surface area (Å²) in [5.41, 5.74) is 0.914. The van der Waals surface area contributed by atoms with Gasteiger partial charge in [-0.3, -0.25) is 0 Å². The standard InChI is InChI=1S/C14H17N3O2S/c1-2-15-14-10-13(8-9-16-14)20(18,19)17-11-12-6-4-3-5-7-12/h3-10,17H,2,11H2,1H3,(H,15,16). The van der Waals surface area contributed by atoms with Crippen molar-refractivity contribution in [1.29, 1.82) is 0 Å². The Bertz CT molecular complexity index is 657. The van der Waals surface area contributed by atoms with Crippen LogP contribution in [0.3, 0.4) is 0 Å². The van der Waals surface area contributed by atoms with Crippen LogP contribution in [-0.2, 0) is 16.6 Å². The van der Waals surface area contributed by atoms with Crippen LogP contribution in [0, 0.1) is 0 Å². The van der Waals surface area contributed by atoms with Crippen molar-refractivity contribution >= 4 is 15.8 Å². The largest absolute Gasteiger partial charge is 0.370 e. The van der Waals surface area contributed by atoms with E-state index < -0.39 is 10.0 Å². The van der Waals surface area contributed by atoms with E-state index in [0.29, 0.717) is 12.4 Å². The summed E-state index contributed by atoms with van der Waals surface area (Å²) >= 11 is 0. The van der Waals surface area contributed by atoms with E-state index in [1.54, 1.807) is 0 Å². The molecule has 106 valence electrons. The summed E-state index contributed by atoms with van der Waals surface area (Å²) in [6, 6.07) is 12.4. The van der Waals surface area contributed by atoms with Gasteiger partial charge in [-0.05, 0) is 18.6 Å². The highest BCUT2D eigenvalue weighted by Gasteiger charge is 2.14. The van der Waals surface area contributed by atoms with Crippen LogP contribution in [0.15, 0.2) is 53.6 Å². The van der Waals surface area contributed by atoms with Crippen LogP contribution >= 0.6 is 0 Å². The van der Waals surface area contributed by atoms with Crippen molar-refractivity contribution < 1.29 is 8.42 Å². The van der Waals surface area contributed by atoms with Gasteiger partial charge < -0.3 is 5.32 Å². The lowest BCUT2D eigenvalue weighted by Crippen LogP contribution is -2.23. The minimum absolute atomic E-state index is 0.208. The van der Waals surface area contributed by atoms with Crippen molar-refractivity contribution in [2.45, 2.75) is 18.4 Å². The summed E-state index contributed by atoms with van der Waals surface area (Å²) in [5.74, 6) is 0.551. The molecule has 1 aromatic carbocycles. The number of rotatable bonds is 6. The van der Waals surface area contributed by atoms with E-state index in [0.717, 1.165) is 5.56 Å². The normalized spacial score (nSPS) is 11.2. The molecule has 2 aromatic rings. The van der Waals surface area contributed by atoms with Gasteiger partial charge in [0.2, 0.25) is 10.0 Å². The highest BCUT2D eigenvalue weighted by atomic mass is 32.2. The van der Waals surface area contributed by atoms with Crippen molar-refractivity contribution in [2.75, 3.05) is 11.9 Å². The molecule has 6 heteroatoms. The molecular weight excluding hydrogens is 274 g/mol. The predicted molar refractivity (Wildman–Crippen MR) is 78.9 cm³/mol. The first-order valence-corrected chi connectivity index (χ1v) is 7.83. The van der Waals surface area contributed by atoms with E-state index in [4.69, 9.17) is 0 Å². The number of aromatic nitrogens is 1. The average molecular weight is 291 g/mol. The van der Waals surface area contributed by atoms with Gasteiger partial charge >= 0.3 is 0 Å². The Labute approximate surface area is 119 Å². The number of hydrogen-bond acceptors (Lipinski definition) is 4. The molecule has 0 saturated carbocycles. The van der Waals surface area contributed by atoms with Crippen molar-refractivity contribution in [2.24, 2.45) is 0 Å². The first-order valence-electron chi connectivity index (χ1n) is 6.35. The summed E-state index contributed by atoms with van der Waals surface area (Å²) < 4.78 is 27.0. The Morgan fingerprint density at radius 1 is 1.15 bits per heavy atom. The minimum atomic E-state index is -3.53. The maximum absolute atomic E-state index is 12.2. The lowest BCUT2D eigenvalue weighted by molar-refractivity contribution is 0.581. The molecule has 0 aliphatic carbocycles. The van der Waals surface area contributed by atoms with Gasteiger partial charge in [-0.2, -0.15) is 0 Å². The molecule has 0 aliphatic heterocycles. The summed E-state index contributed by atoms with van der Waals surface area (Å²) in [5, 5.41) is 2.99. The SMILES string of the molecule is CCNc1cc(S(=O)(=O)NCc2ccccc2)ccn1. The molecule has 0 spiro atoms. The molecule has 0 fully saturated rings. The highest BCUT2D eigenvalue weighted by Crippen LogP contribution is 2.13. The lowest BCUT2D eigenvalue weighted by atomic mass is 10.2. The lowest BCUT2D eigenvalue weighted by Gasteiger charge is -2.08. The van der Waals surface area contributed by atoms with E-state index in [2.05, 4.69) is 15.0 Å². The second kappa shape index (κ2) is 6.49. The minimum Gasteiger partial charge on any atom is -0.370 e. The Hall–Kier alpha value is -1.92. The van der Waals surface area contributed by atoms with Gasteiger partial charge in [0.15, 0.2) is 0 Å². The van der Waals surface area contributed by atoms with Gasteiger partial charge in [0.25, 0.3) is 0 Å². The van der Waals surface area contributed by atoms with Crippen molar-refractivity contribution in [3.63, 3.8) is 0 Å². The van der Waals surface area contributed by atoms with Crippen LogP contribution in [0.5, 0.6) is 0 Å². The van der Waals surface area contributed by atoms with Gasteiger partial charge in [-0.1, -0.05) is 30.3 Å². The monoisotopic (exact) mass is 291 g/mol. The molecule has 2 rings (SSSR count). The smallest absolute Gasteiger partial charge is 0.241 e. The molecular formula is C14H17N3O2S. The topological polar surface area (TPSA) is 71.1 Å². The van der Waals surface area contributed by atoms with E-state index >= 15 is 0 Å². The first-order chi connectivity index (χ1) is 9.62. The summed E-state index contributed by atoms with van der Waals surface area (Å²) in [6.07, 6.45) is 1.48. The van der Waals surface area contributed by atoms with E-state index in [9.17, 15) is 8.42 Å². The maximum atomic E-state index is 12.2. The highest BCUT2D eigenvalue weighted by molar-refractivity contribution is 7.89. The summed E-state index contributed by atoms with van der Waals surface area (Å²) in [7, 11) is -3.53. The van der Waals surface area contributed by atoms with E-state index in [1.807, 2.05) is 37.3 Å². The molecule has 0 unspecified atom stereocenters. The molecule has 2 N–H and O–H groups in total. The van der Waals surface area contributed by atoms with Gasteiger partial charge in [0.05, 0.1) is 4.90 Å². The maximum Gasteiger partial charge on any atom is 0.241 e. The van der Waals surface area contributed by atoms with Crippen LogP contribution in [0.2, 0.25) is 0 Å². The molecule has 0 radical (unpaired) electrons. The van der Waals surface area contributed by atoms with Gasteiger partial charge in [0.1, 0.15) is 5.82 Å². The van der Waals surface area contributed by atoms with Crippen molar-refractivity contribution in [1.82, 2.24) is 9.71 Å². The Morgan fingerprint density at radius 2 is 1.90 bits per heavy atom. The Balaban J connectivity index is 2.12. The number of benzene rings is 1. The van der Waals surface area contributed by atoms with Crippen molar-refractivity contribution in [3.8, 4) is 0 Å². The fraction of sp³-hybridized carbons (Fsp3) is 0.214. The van der Waals surface area contributed by atoms with E-state index in [1.165, 1.54) is 18.3 Å². The third kappa shape index (κ3) is 3.79. The Morgan fingerprint density at radius 3 is 2.60 bits per heavy atom. The number of pyridine rings is 1. The quantitative estimate of drug-likeness (QED) is 0.854. The molecule has 1 aromatic heterocycles. The van der Waals surface area contributed by atoms with Gasteiger partial charge in [0, 0.05) is 25.4 Å². The molecule has 5 nitrogen and oxygen atoms in total. The summed E-state index contributed by atoms with van der Waals surface area (Å²) in [4.78, 5) is 4.27. The fourth-order valence-electron chi connectivity index (χ4n) is 1.71. The second-order valence-corrected chi connectivity index (χ2v) is 5.98. The zero-order chi connectivity index (χ0) is 14.4. The number of sulfonamides is 1. The first kappa shape index (κ1) is 14.5. The van der Waals surface area contributed by atoms with Crippen LogP contribution < -0.4 is 10.0 Å². The third-order valence-electron chi connectivity index (χ3n) is 2.71. The van der Waals surface area contributed by atoms with Crippen molar-refractivity contribution in [3.05, 3.63) is 54.2 Å². The predicted octanol–water partition coefficient (Wildman–Crippen LogP) is 1.99. The number of anilines is 1. The second-order valence-electron chi connectivity index (χ2n) is 4.22. The fourth-order valence-corrected chi connectivity index (χ4v) is 2.74. The average Bonchev–Trinajstić information content (AvgIpc) is 2.47. The molecule has 0 bridgehead atoms. The van der Waals surface area contributed by atoms with E-state index in [-0.39, 0.29) is 11.4 Å². The van der Waals surface area contributed by atoms with Crippen LogP contribution in [-0.4, -0.2) is 19.9 Å². The Kier molecular flexibility index (Phi) is 4.70. The summed E-state index contributed by atoms with van der Waals surface area (Å²) in [6.45, 7) is 2.88. The number of hydrogen-bond donors (Lipinski definition) is 2. The third-order valence-corrected chi connectivity index (χ3v) is 4.11.